The van der Waals surface area contributed by atoms with Crippen molar-refractivity contribution in [2.75, 3.05) is 6.54 Å². The van der Waals surface area contributed by atoms with Gasteiger partial charge in [0.25, 0.3) is 0 Å². The molecule has 2 rings (SSSR count). The summed E-state index contributed by atoms with van der Waals surface area (Å²) in [5.74, 6) is -0.111. The van der Waals surface area contributed by atoms with Gasteiger partial charge in [0.1, 0.15) is 0 Å². The van der Waals surface area contributed by atoms with Gasteiger partial charge >= 0.3 is 4.87 Å². The Hall–Kier alpha value is -1.14. The predicted octanol–water partition coefficient (Wildman–Crippen LogP) is 1.34. The van der Waals surface area contributed by atoms with Gasteiger partial charge in [0.15, 0.2) is 0 Å². The number of rotatable bonds is 5. The second kappa shape index (κ2) is 6.10. The van der Waals surface area contributed by atoms with Gasteiger partial charge in [-0.25, -0.2) is 0 Å². The van der Waals surface area contributed by atoms with E-state index in [2.05, 4.69) is 5.32 Å². The van der Waals surface area contributed by atoms with Crippen LogP contribution in [0.15, 0.2) is 4.79 Å². The first-order valence-corrected chi connectivity index (χ1v) is 7.89. The first-order valence-electron chi connectivity index (χ1n) is 7.07. The van der Waals surface area contributed by atoms with Crippen molar-refractivity contribution in [3.05, 3.63) is 20.2 Å². The van der Waals surface area contributed by atoms with Crippen LogP contribution >= 0.6 is 11.3 Å². The second-order valence-corrected chi connectivity index (χ2v) is 6.79. The van der Waals surface area contributed by atoms with Gasteiger partial charge in [-0.15, -0.1) is 0 Å². The Bertz CT molecular complexity index is 541. The Morgan fingerprint density at radius 3 is 2.60 bits per heavy atom. The van der Waals surface area contributed by atoms with Gasteiger partial charge in [-0.3, -0.25) is 9.59 Å². The van der Waals surface area contributed by atoms with Gasteiger partial charge in [0.05, 0.1) is 5.60 Å². The van der Waals surface area contributed by atoms with Crippen molar-refractivity contribution in [2.24, 2.45) is 0 Å². The first-order chi connectivity index (χ1) is 9.41. The Kier molecular flexibility index (Phi) is 4.65. The van der Waals surface area contributed by atoms with Crippen molar-refractivity contribution in [1.29, 1.82) is 0 Å². The predicted molar refractivity (Wildman–Crippen MR) is 79.1 cm³/mol. The first kappa shape index (κ1) is 15.3. The molecule has 0 atom stereocenters. The quantitative estimate of drug-likeness (QED) is 0.861. The molecule has 0 bridgehead atoms. The highest BCUT2D eigenvalue weighted by molar-refractivity contribution is 7.09. The number of carbonyl (C=O) groups is 1. The van der Waals surface area contributed by atoms with Crippen LogP contribution in [0.1, 0.15) is 42.7 Å². The van der Waals surface area contributed by atoms with Gasteiger partial charge in [-0.1, -0.05) is 24.2 Å². The average Bonchev–Trinajstić information content (AvgIpc) is 2.92. The van der Waals surface area contributed by atoms with Crippen LogP contribution in [0, 0.1) is 13.8 Å². The third-order valence-electron chi connectivity index (χ3n) is 4.09. The van der Waals surface area contributed by atoms with Crippen LogP contribution in [-0.2, 0) is 11.3 Å². The standard InChI is InChI=1S/C14H22N2O3S/c1-10-11(2)20-13(18)16(10)8-5-12(17)15-9-14(19)6-3-4-7-14/h19H,3-9H2,1-2H3,(H,15,17). The monoisotopic (exact) mass is 298 g/mol. The molecular weight excluding hydrogens is 276 g/mol. The van der Waals surface area contributed by atoms with Crippen LogP contribution in [-0.4, -0.2) is 27.7 Å². The number of hydrogen-bond acceptors (Lipinski definition) is 4. The fourth-order valence-corrected chi connectivity index (χ4v) is 3.48. The van der Waals surface area contributed by atoms with E-state index in [-0.39, 0.29) is 17.2 Å². The lowest BCUT2D eigenvalue weighted by molar-refractivity contribution is -0.122. The highest BCUT2D eigenvalue weighted by atomic mass is 32.1. The van der Waals surface area contributed by atoms with Gasteiger partial charge < -0.3 is 15.0 Å². The minimum Gasteiger partial charge on any atom is -0.388 e. The SMILES string of the molecule is Cc1sc(=O)n(CCC(=O)NCC2(O)CCCC2)c1C. The van der Waals surface area contributed by atoms with Crippen molar-refractivity contribution in [3.63, 3.8) is 0 Å². The van der Waals surface area contributed by atoms with Crippen molar-refractivity contribution in [2.45, 2.75) is 58.1 Å². The molecule has 0 aliphatic heterocycles. The molecule has 0 unspecified atom stereocenters. The minimum atomic E-state index is -0.721. The third kappa shape index (κ3) is 3.49. The summed E-state index contributed by atoms with van der Waals surface area (Å²) in [6, 6.07) is 0. The molecule has 0 radical (unpaired) electrons. The lowest BCUT2D eigenvalue weighted by Gasteiger charge is -2.22. The molecule has 5 nitrogen and oxygen atoms in total. The number of aryl methyl sites for hydroxylation is 1. The van der Waals surface area contributed by atoms with Crippen molar-refractivity contribution in [1.82, 2.24) is 9.88 Å². The minimum absolute atomic E-state index is 0.0118. The maximum Gasteiger partial charge on any atom is 0.307 e. The molecule has 1 saturated carbocycles. The van der Waals surface area contributed by atoms with E-state index in [1.807, 2.05) is 13.8 Å². The summed E-state index contributed by atoms with van der Waals surface area (Å²) in [4.78, 5) is 24.5. The largest absolute Gasteiger partial charge is 0.388 e. The third-order valence-corrected chi connectivity index (χ3v) is 5.08. The molecule has 1 aromatic heterocycles. The molecule has 2 N–H and O–H groups in total. The van der Waals surface area contributed by atoms with Crippen LogP contribution < -0.4 is 10.2 Å². The van der Waals surface area contributed by atoms with E-state index >= 15 is 0 Å². The summed E-state index contributed by atoms with van der Waals surface area (Å²) in [5, 5.41) is 12.9. The second-order valence-electron chi connectivity index (χ2n) is 5.62. The maximum atomic E-state index is 11.8. The average molecular weight is 298 g/mol. The molecular formula is C14H22N2O3S. The van der Waals surface area contributed by atoms with Crippen LogP contribution in [0.3, 0.4) is 0 Å². The zero-order chi connectivity index (χ0) is 14.8. The van der Waals surface area contributed by atoms with Crippen LogP contribution in [0.25, 0.3) is 0 Å². The van der Waals surface area contributed by atoms with Gasteiger partial charge in [0.2, 0.25) is 5.91 Å². The topological polar surface area (TPSA) is 71.3 Å². The fraction of sp³-hybridized carbons (Fsp3) is 0.714. The van der Waals surface area contributed by atoms with Crippen molar-refractivity contribution in [3.8, 4) is 0 Å². The highest BCUT2D eigenvalue weighted by Crippen LogP contribution is 2.28. The molecule has 0 aromatic carbocycles. The van der Waals surface area contributed by atoms with Crippen LogP contribution in [0.4, 0.5) is 0 Å². The van der Waals surface area contributed by atoms with Crippen LogP contribution in [0.2, 0.25) is 0 Å². The van der Waals surface area contributed by atoms with E-state index in [0.717, 1.165) is 36.3 Å². The number of hydrogen-bond donors (Lipinski definition) is 2. The molecule has 0 spiro atoms. The van der Waals surface area contributed by atoms with Gasteiger partial charge in [-0.2, -0.15) is 0 Å². The number of thiazole rings is 1. The summed E-state index contributed by atoms with van der Waals surface area (Å²) in [6.07, 6.45) is 3.84. The molecule has 112 valence electrons. The number of aliphatic hydroxyl groups is 1. The number of nitrogens with one attached hydrogen (secondary N) is 1. The van der Waals surface area contributed by atoms with E-state index in [9.17, 15) is 14.7 Å². The number of aromatic nitrogens is 1. The summed E-state index contributed by atoms with van der Waals surface area (Å²) in [7, 11) is 0. The molecule has 20 heavy (non-hydrogen) atoms. The maximum absolute atomic E-state index is 11.8. The molecule has 1 aliphatic rings. The summed E-state index contributed by atoms with van der Waals surface area (Å²) in [5.41, 5.74) is 0.212. The normalized spacial score (nSPS) is 17.4. The van der Waals surface area contributed by atoms with Gasteiger partial charge in [-0.05, 0) is 26.7 Å². The van der Waals surface area contributed by atoms with Crippen molar-refractivity contribution < 1.29 is 9.90 Å². The molecule has 6 heteroatoms. The molecule has 1 amide bonds. The van der Waals surface area contributed by atoms with Gasteiger partial charge in [0, 0.05) is 30.1 Å². The summed E-state index contributed by atoms with van der Waals surface area (Å²) >= 11 is 1.22. The number of carbonyl (C=O) groups excluding carboxylic acids is 1. The Labute approximate surface area is 122 Å². The molecule has 0 saturated heterocycles. The van der Waals surface area contributed by atoms with E-state index < -0.39 is 5.60 Å². The molecule has 1 fully saturated rings. The number of nitrogens with zero attached hydrogens (tertiary/aromatic N) is 1. The van der Waals surface area contributed by atoms with Crippen LogP contribution in [0.5, 0.6) is 0 Å². The Morgan fingerprint density at radius 1 is 1.40 bits per heavy atom. The Balaban J connectivity index is 1.82. The van der Waals surface area contributed by atoms with E-state index in [4.69, 9.17) is 0 Å². The fourth-order valence-electron chi connectivity index (χ4n) is 2.62. The summed E-state index contributed by atoms with van der Waals surface area (Å²) < 4.78 is 1.64. The molecule has 1 aliphatic carbocycles. The zero-order valence-corrected chi connectivity index (χ0v) is 12.9. The lowest BCUT2D eigenvalue weighted by atomic mass is 10.0. The zero-order valence-electron chi connectivity index (χ0n) is 12.1. The lowest BCUT2D eigenvalue weighted by Crippen LogP contribution is -2.41. The van der Waals surface area contributed by atoms with E-state index in [1.54, 1.807) is 4.57 Å². The van der Waals surface area contributed by atoms with Crippen molar-refractivity contribution >= 4 is 17.2 Å². The Morgan fingerprint density at radius 2 is 2.05 bits per heavy atom. The van der Waals surface area contributed by atoms with E-state index in [1.165, 1.54) is 11.3 Å². The molecule has 1 heterocycles. The molecule has 1 aromatic rings. The highest BCUT2D eigenvalue weighted by Gasteiger charge is 2.31. The number of amides is 1. The summed E-state index contributed by atoms with van der Waals surface area (Å²) in [6.45, 7) is 4.53. The smallest absolute Gasteiger partial charge is 0.307 e. The van der Waals surface area contributed by atoms with E-state index in [0.29, 0.717) is 13.1 Å².